The predicted molar refractivity (Wildman–Crippen MR) is 54.6 cm³/mol. The van der Waals surface area contributed by atoms with Crippen molar-refractivity contribution in [1.29, 1.82) is 0 Å². The number of hydrogen-bond donors (Lipinski definition) is 1. The minimum Gasteiger partial charge on any atom is -0.480 e. The zero-order valence-electron chi connectivity index (χ0n) is 6.99. The van der Waals surface area contributed by atoms with Crippen LogP contribution in [0.1, 0.15) is 32.1 Å². The normalized spacial score (nSPS) is 26.8. The third-order valence-corrected chi connectivity index (χ3v) is 4.77. The van der Waals surface area contributed by atoms with Gasteiger partial charge in [-0.3, -0.25) is 4.79 Å². The molecule has 4 heteroatoms. The summed E-state index contributed by atoms with van der Waals surface area (Å²) in [5.74, 6) is 0.462. The van der Waals surface area contributed by atoms with E-state index in [1.165, 1.54) is 30.1 Å². The number of carboxylic acid groups (broad SMARTS) is 1. The first-order valence-corrected chi connectivity index (χ1v) is 6.70. The van der Waals surface area contributed by atoms with Gasteiger partial charge < -0.3 is 5.11 Å². The molecule has 1 rings (SSSR count). The van der Waals surface area contributed by atoms with Crippen LogP contribution in [0, 0.1) is 0 Å². The Balaban J connectivity index is 2.33. The number of carboxylic acids is 1. The second-order valence-electron chi connectivity index (χ2n) is 2.95. The maximum atomic E-state index is 10.7. The first kappa shape index (κ1) is 10.3. The van der Waals surface area contributed by atoms with E-state index in [2.05, 4.69) is 0 Å². The van der Waals surface area contributed by atoms with E-state index in [0.717, 1.165) is 18.6 Å². The third kappa shape index (κ3) is 3.72. The monoisotopic (exact) mass is 206 g/mol. The van der Waals surface area contributed by atoms with E-state index in [0.29, 0.717) is 0 Å². The molecule has 70 valence electrons. The maximum Gasteiger partial charge on any atom is 0.317 e. The van der Waals surface area contributed by atoms with E-state index in [1.807, 2.05) is 0 Å². The predicted octanol–water partition coefficient (Wildman–Crippen LogP) is 2.79. The van der Waals surface area contributed by atoms with Crippen LogP contribution < -0.4 is 0 Å². The van der Waals surface area contributed by atoms with Crippen molar-refractivity contribution in [2.45, 2.75) is 37.4 Å². The SMILES string of the molecule is O=C(O)C1CCCCCCSS1. The Morgan fingerprint density at radius 2 is 2.00 bits per heavy atom. The smallest absolute Gasteiger partial charge is 0.317 e. The van der Waals surface area contributed by atoms with Crippen LogP contribution in [0.2, 0.25) is 0 Å². The molecule has 1 saturated heterocycles. The molecule has 1 heterocycles. The van der Waals surface area contributed by atoms with Crippen molar-refractivity contribution < 1.29 is 9.90 Å². The minimum atomic E-state index is -0.644. The van der Waals surface area contributed by atoms with Crippen LogP contribution in [-0.4, -0.2) is 22.1 Å². The van der Waals surface area contributed by atoms with E-state index in [1.54, 1.807) is 10.8 Å². The van der Waals surface area contributed by atoms with Gasteiger partial charge >= 0.3 is 5.97 Å². The Morgan fingerprint density at radius 3 is 2.75 bits per heavy atom. The van der Waals surface area contributed by atoms with Gasteiger partial charge in [-0.25, -0.2) is 0 Å². The molecule has 1 fully saturated rings. The molecule has 0 saturated carbocycles. The first-order chi connectivity index (χ1) is 5.80. The Labute approximate surface area is 80.9 Å². The number of aliphatic carboxylic acids is 1. The second-order valence-corrected chi connectivity index (χ2v) is 5.64. The highest BCUT2D eigenvalue weighted by Crippen LogP contribution is 2.32. The lowest BCUT2D eigenvalue weighted by molar-refractivity contribution is -0.136. The average molecular weight is 206 g/mol. The lowest BCUT2D eigenvalue weighted by Gasteiger charge is -2.07. The Kier molecular flexibility index (Phi) is 4.92. The zero-order valence-corrected chi connectivity index (χ0v) is 8.62. The summed E-state index contributed by atoms with van der Waals surface area (Å²) in [4.78, 5) is 10.7. The maximum absolute atomic E-state index is 10.7. The number of carbonyl (C=O) groups is 1. The summed E-state index contributed by atoms with van der Waals surface area (Å²) in [6, 6.07) is 0. The van der Waals surface area contributed by atoms with E-state index in [4.69, 9.17) is 5.11 Å². The van der Waals surface area contributed by atoms with E-state index in [9.17, 15) is 4.79 Å². The summed E-state index contributed by atoms with van der Waals surface area (Å²) in [5, 5.41) is 8.64. The first-order valence-electron chi connectivity index (χ1n) is 4.32. The van der Waals surface area contributed by atoms with Crippen molar-refractivity contribution in [2.75, 3.05) is 5.75 Å². The van der Waals surface area contributed by atoms with Crippen LogP contribution in [0.5, 0.6) is 0 Å². The van der Waals surface area contributed by atoms with Crippen LogP contribution >= 0.6 is 21.6 Å². The number of hydrogen-bond acceptors (Lipinski definition) is 3. The average Bonchev–Trinajstić information content (AvgIpc) is 2.15. The summed E-state index contributed by atoms with van der Waals surface area (Å²) in [6.07, 6.45) is 5.62. The largest absolute Gasteiger partial charge is 0.480 e. The quantitative estimate of drug-likeness (QED) is 0.669. The van der Waals surface area contributed by atoms with E-state index >= 15 is 0 Å². The fraction of sp³-hybridized carbons (Fsp3) is 0.875. The molecule has 1 aliphatic heterocycles. The van der Waals surface area contributed by atoms with Gasteiger partial charge in [0, 0.05) is 5.75 Å². The third-order valence-electron chi connectivity index (χ3n) is 1.90. The number of rotatable bonds is 1. The molecule has 0 aromatic rings. The standard InChI is InChI=1S/C8H14O2S2/c9-8(10)7-5-3-1-2-4-6-11-12-7/h7H,1-6H2,(H,9,10). The van der Waals surface area contributed by atoms with Gasteiger partial charge in [-0.05, 0) is 12.8 Å². The topological polar surface area (TPSA) is 37.3 Å². The van der Waals surface area contributed by atoms with Gasteiger partial charge in [0.05, 0.1) is 0 Å². The molecule has 1 N–H and O–H groups in total. The molecule has 1 unspecified atom stereocenters. The van der Waals surface area contributed by atoms with Crippen molar-refractivity contribution in [3.05, 3.63) is 0 Å². The van der Waals surface area contributed by atoms with Crippen LogP contribution in [0.25, 0.3) is 0 Å². The van der Waals surface area contributed by atoms with Crippen LogP contribution in [0.15, 0.2) is 0 Å². The van der Waals surface area contributed by atoms with Crippen LogP contribution in [0.4, 0.5) is 0 Å². The lowest BCUT2D eigenvalue weighted by Crippen LogP contribution is -2.14. The fourth-order valence-corrected chi connectivity index (χ4v) is 3.79. The molecule has 12 heavy (non-hydrogen) atoms. The molecule has 0 aliphatic carbocycles. The van der Waals surface area contributed by atoms with Gasteiger partial charge in [-0.1, -0.05) is 40.9 Å². The summed E-state index contributed by atoms with van der Waals surface area (Å²) >= 11 is 0. The van der Waals surface area contributed by atoms with Gasteiger partial charge in [0.25, 0.3) is 0 Å². The van der Waals surface area contributed by atoms with Crippen LogP contribution in [-0.2, 0) is 4.79 Å². The van der Waals surface area contributed by atoms with E-state index in [-0.39, 0.29) is 5.25 Å². The molecule has 0 spiro atoms. The van der Waals surface area contributed by atoms with Crippen molar-refractivity contribution >= 4 is 27.6 Å². The van der Waals surface area contributed by atoms with Gasteiger partial charge in [-0.2, -0.15) is 0 Å². The highest BCUT2D eigenvalue weighted by molar-refractivity contribution is 8.77. The van der Waals surface area contributed by atoms with Crippen molar-refractivity contribution in [3.63, 3.8) is 0 Å². The van der Waals surface area contributed by atoms with Gasteiger partial charge in [0.2, 0.25) is 0 Å². The van der Waals surface area contributed by atoms with Crippen LogP contribution in [0.3, 0.4) is 0 Å². The Hall–Kier alpha value is 0.170. The molecule has 1 atom stereocenters. The molecular weight excluding hydrogens is 192 g/mol. The van der Waals surface area contributed by atoms with Crippen molar-refractivity contribution in [1.82, 2.24) is 0 Å². The molecule has 0 radical (unpaired) electrons. The molecule has 0 aromatic heterocycles. The molecule has 2 nitrogen and oxygen atoms in total. The van der Waals surface area contributed by atoms with Crippen molar-refractivity contribution in [3.8, 4) is 0 Å². The summed E-state index contributed by atoms with van der Waals surface area (Å²) in [5.41, 5.74) is 0. The molecular formula is C8H14O2S2. The zero-order chi connectivity index (χ0) is 8.81. The van der Waals surface area contributed by atoms with Gasteiger partial charge in [-0.15, -0.1) is 0 Å². The van der Waals surface area contributed by atoms with E-state index < -0.39 is 5.97 Å². The van der Waals surface area contributed by atoms with Gasteiger partial charge in [0.15, 0.2) is 0 Å². The summed E-state index contributed by atoms with van der Waals surface area (Å²) < 4.78 is 0. The molecule has 0 aromatic carbocycles. The summed E-state index contributed by atoms with van der Waals surface area (Å²) in [7, 11) is 3.25. The summed E-state index contributed by atoms with van der Waals surface area (Å²) in [6.45, 7) is 0. The fourth-order valence-electron chi connectivity index (χ4n) is 1.19. The van der Waals surface area contributed by atoms with Crippen molar-refractivity contribution in [2.24, 2.45) is 0 Å². The second kappa shape index (κ2) is 5.75. The molecule has 1 aliphatic rings. The lowest BCUT2D eigenvalue weighted by atomic mass is 10.1. The van der Waals surface area contributed by atoms with Gasteiger partial charge in [0.1, 0.15) is 5.25 Å². The minimum absolute atomic E-state index is 0.173. The highest BCUT2D eigenvalue weighted by atomic mass is 33.1. The molecule has 0 bridgehead atoms. The Bertz CT molecular complexity index is 140. The highest BCUT2D eigenvalue weighted by Gasteiger charge is 2.18. The molecule has 0 amide bonds. The Morgan fingerprint density at radius 1 is 1.25 bits per heavy atom.